The molecule has 0 saturated carbocycles. The highest BCUT2D eigenvalue weighted by atomic mass is 79.9. The quantitative estimate of drug-likeness (QED) is 0.854. The highest BCUT2D eigenvalue weighted by Crippen LogP contribution is 2.35. The number of sulfone groups is 1. The molecule has 84 valence electrons. The van der Waals surface area contributed by atoms with Crippen LogP contribution in [0.4, 0.5) is 0 Å². The maximum Gasteiger partial charge on any atom is 0.179 e. The highest BCUT2D eigenvalue weighted by Gasteiger charge is 2.17. The van der Waals surface area contributed by atoms with Crippen LogP contribution in [0.5, 0.6) is 11.5 Å². The van der Waals surface area contributed by atoms with E-state index >= 15 is 0 Å². The lowest BCUT2D eigenvalue weighted by Gasteiger charge is -2.10. The molecular weight excluding hydrogens is 284 g/mol. The maximum atomic E-state index is 11.4. The lowest BCUT2D eigenvalue weighted by Crippen LogP contribution is -2.01. The van der Waals surface area contributed by atoms with Gasteiger partial charge in [-0.3, -0.25) is 0 Å². The zero-order chi connectivity index (χ0) is 11.6. The summed E-state index contributed by atoms with van der Waals surface area (Å²) in [7, 11) is -0.430. The molecule has 0 N–H and O–H groups in total. The van der Waals surface area contributed by atoms with Crippen molar-refractivity contribution in [1.82, 2.24) is 0 Å². The second-order valence-electron chi connectivity index (χ2n) is 2.91. The largest absolute Gasteiger partial charge is 0.496 e. The van der Waals surface area contributed by atoms with E-state index in [4.69, 9.17) is 9.47 Å². The number of methoxy groups -OCH3 is 2. The molecule has 0 radical (unpaired) electrons. The number of benzene rings is 1. The van der Waals surface area contributed by atoms with Gasteiger partial charge in [0.05, 0.1) is 18.7 Å². The molecule has 0 aliphatic carbocycles. The number of hydrogen-bond donors (Lipinski definition) is 0. The van der Waals surface area contributed by atoms with Crippen LogP contribution in [0.2, 0.25) is 0 Å². The molecule has 0 atom stereocenters. The zero-order valence-electron chi connectivity index (χ0n) is 8.57. The second kappa shape index (κ2) is 4.40. The van der Waals surface area contributed by atoms with Crippen LogP contribution in [0.1, 0.15) is 0 Å². The molecule has 1 rings (SSSR count). The number of halogens is 1. The van der Waals surface area contributed by atoms with E-state index < -0.39 is 9.84 Å². The minimum atomic E-state index is -3.32. The third-order valence-corrected chi connectivity index (χ3v) is 3.58. The van der Waals surface area contributed by atoms with E-state index in [1.54, 1.807) is 6.07 Å². The molecule has 0 saturated heterocycles. The molecule has 1 aromatic rings. The lowest BCUT2D eigenvalue weighted by molar-refractivity contribution is 0.390. The average Bonchev–Trinajstić information content (AvgIpc) is 2.15. The molecule has 1 aromatic carbocycles. The van der Waals surface area contributed by atoms with Gasteiger partial charge in [0.1, 0.15) is 16.4 Å². The summed E-state index contributed by atoms with van der Waals surface area (Å²) in [6.45, 7) is 0. The van der Waals surface area contributed by atoms with Crippen LogP contribution in [-0.4, -0.2) is 28.9 Å². The van der Waals surface area contributed by atoms with Gasteiger partial charge in [-0.2, -0.15) is 0 Å². The first kappa shape index (κ1) is 12.3. The van der Waals surface area contributed by atoms with Gasteiger partial charge in [0.2, 0.25) is 0 Å². The van der Waals surface area contributed by atoms with E-state index in [1.165, 1.54) is 20.3 Å². The van der Waals surface area contributed by atoms with Gasteiger partial charge in [-0.05, 0) is 22.0 Å². The van der Waals surface area contributed by atoms with Gasteiger partial charge in [-0.1, -0.05) is 0 Å². The summed E-state index contributed by atoms with van der Waals surface area (Å²) in [5, 5.41) is 0. The topological polar surface area (TPSA) is 52.6 Å². The smallest absolute Gasteiger partial charge is 0.179 e. The van der Waals surface area contributed by atoms with E-state index in [-0.39, 0.29) is 4.90 Å². The van der Waals surface area contributed by atoms with Crippen LogP contribution in [0.3, 0.4) is 0 Å². The molecule has 15 heavy (non-hydrogen) atoms. The van der Waals surface area contributed by atoms with Gasteiger partial charge in [0, 0.05) is 12.3 Å². The summed E-state index contributed by atoms with van der Waals surface area (Å²) >= 11 is 3.25. The van der Waals surface area contributed by atoms with Crippen molar-refractivity contribution in [3.63, 3.8) is 0 Å². The molecule has 0 amide bonds. The van der Waals surface area contributed by atoms with Gasteiger partial charge in [0.15, 0.2) is 9.84 Å². The number of hydrogen-bond acceptors (Lipinski definition) is 4. The minimum Gasteiger partial charge on any atom is -0.496 e. The maximum absolute atomic E-state index is 11.4. The molecule has 0 bridgehead atoms. The van der Waals surface area contributed by atoms with Crippen molar-refractivity contribution in [2.24, 2.45) is 0 Å². The molecule has 0 heterocycles. The average molecular weight is 295 g/mol. The predicted octanol–water partition coefficient (Wildman–Crippen LogP) is 1.87. The highest BCUT2D eigenvalue weighted by molar-refractivity contribution is 9.10. The van der Waals surface area contributed by atoms with Crippen molar-refractivity contribution in [1.29, 1.82) is 0 Å². The van der Waals surface area contributed by atoms with Crippen molar-refractivity contribution in [2.75, 3.05) is 20.5 Å². The van der Waals surface area contributed by atoms with Crippen LogP contribution in [0.25, 0.3) is 0 Å². The first-order valence-corrected chi connectivity index (χ1v) is 6.70. The van der Waals surface area contributed by atoms with Crippen LogP contribution >= 0.6 is 15.9 Å². The molecule has 0 unspecified atom stereocenters. The van der Waals surface area contributed by atoms with Gasteiger partial charge in [0.25, 0.3) is 0 Å². The first-order chi connectivity index (χ1) is 6.90. The normalized spacial score (nSPS) is 11.2. The Balaban J connectivity index is 3.49. The summed E-state index contributed by atoms with van der Waals surface area (Å²) in [5.74, 6) is 0.751. The Morgan fingerprint density at radius 2 is 1.67 bits per heavy atom. The summed E-state index contributed by atoms with van der Waals surface area (Å²) < 4.78 is 33.5. The Kier molecular flexibility index (Phi) is 3.62. The third-order valence-electron chi connectivity index (χ3n) is 1.84. The summed E-state index contributed by atoms with van der Waals surface area (Å²) in [6, 6.07) is 2.99. The SMILES string of the molecule is COc1cc(S(C)(=O)=O)c(OC)cc1Br. The fraction of sp³-hybridized carbons (Fsp3) is 0.333. The van der Waals surface area contributed by atoms with Crippen molar-refractivity contribution < 1.29 is 17.9 Å². The van der Waals surface area contributed by atoms with Gasteiger partial charge >= 0.3 is 0 Å². The lowest BCUT2D eigenvalue weighted by atomic mass is 10.3. The van der Waals surface area contributed by atoms with E-state index in [0.29, 0.717) is 16.0 Å². The van der Waals surface area contributed by atoms with Crippen molar-refractivity contribution >= 4 is 25.8 Å². The van der Waals surface area contributed by atoms with Crippen molar-refractivity contribution in [3.05, 3.63) is 16.6 Å². The predicted molar refractivity (Wildman–Crippen MR) is 60.4 cm³/mol. The van der Waals surface area contributed by atoms with Crippen LogP contribution in [0, 0.1) is 0 Å². The standard InChI is InChI=1S/C9H11BrO4S/c1-13-7-5-9(15(3,11)12)8(14-2)4-6(7)10/h4-5H,1-3H3. The van der Waals surface area contributed by atoms with E-state index in [1.807, 2.05) is 0 Å². The molecule has 0 fully saturated rings. The van der Waals surface area contributed by atoms with Gasteiger partial charge in [-0.25, -0.2) is 8.42 Å². The van der Waals surface area contributed by atoms with E-state index in [0.717, 1.165) is 6.26 Å². The fourth-order valence-electron chi connectivity index (χ4n) is 1.12. The molecule has 0 aliphatic heterocycles. The number of ether oxygens (including phenoxy) is 2. The van der Waals surface area contributed by atoms with Crippen LogP contribution < -0.4 is 9.47 Å². The Morgan fingerprint density at radius 1 is 1.13 bits per heavy atom. The minimum absolute atomic E-state index is 0.116. The Morgan fingerprint density at radius 3 is 2.07 bits per heavy atom. The van der Waals surface area contributed by atoms with Gasteiger partial charge < -0.3 is 9.47 Å². The van der Waals surface area contributed by atoms with E-state index in [2.05, 4.69) is 15.9 Å². The summed E-state index contributed by atoms with van der Waals surface area (Å²) in [6.07, 6.45) is 1.12. The van der Waals surface area contributed by atoms with E-state index in [9.17, 15) is 8.42 Å². The Bertz CT molecular complexity index is 467. The molecular formula is C9H11BrO4S. The third kappa shape index (κ3) is 2.63. The zero-order valence-corrected chi connectivity index (χ0v) is 11.0. The molecule has 6 heteroatoms. The molecule has 0 aromatic heterocycles. The van der Waals surface area contributed by atoms with Crippen molar-refractivity contribution in [3.8, 4) is 11.5 Å². The van der Waals surface area contributed by atoms with Crippen LogP contribution in [0.15, 0.2) is 21.5 Å². The second-order valence-corrected chi connectivity index (χ2v) is 5.75. The number of rotatable bonds is 3. The molecule has 4 nitrogen and oxygen atoms in total. The Labute approximate surface area is 97.2 Å². The van der Waals surface area contributed by atoms with Gasteiger partial charge in [-0.15, -0.1) is 0 Å². The van der Waals surface area contributed by atoms with Crippen LogP contribution in [-0.2, 0) is 9.84 Å². The monoisotopic (exact) mass is 294 g/mol. The molecule has 0 spiro atoms. The first-order valence-electron chi connectivity index (χ1n) is 4.01. The fourth-order valence-corrected chi connectivity index (χ4v) is 2.44. The molecule has 0 aliphatic rings. The Hall–Kier alpha value is -0.750. The summed E-state index contributed by atoms with van der Waals surface area (Å²) in [5.41, 5.74) is 0. The summed E-state index contributed by atoms with van der Waals surface area (Å²) in [4.78, 5) is 0.116. The van der Waals surface area contributed by atoms with Crippen molar-refractivity contribution in [2.45, 2.75) is 4.90 Å².